The number of sulfonamides is 1. The lowest BCUT2D eigenvalue weighted by molar-refractivity contribution is 0.281. The van der Waals surface area contributed by atoms with Crippen molar-refractivity contribution in [2.45, 2.75) is 31.6 Å². The minimum Gasteiger partial charge on any atom is -0.207 e. The van der Waals surface area contributed by atoms with Gasteiger partial charge >= 0.3 is 0 Å². The maximum absolute atomic E-state index is 13.0. The molecule has 0 bridgehead atoms. The molecule has 1 aromatic rings. The van der Waals surface area contributed by atoms with Gasteiger partial charge in [0, 0.05) is 13.1 Å². The molecule has 0 aromatic heterocycles. The maximum Gasteiger partial charge on any atom is 0.243 e. The molecular weight excluding hydrogens is 253 g/mol. The van der Waals surface area contributed by atoms with Crippen molar-refractivity contribution < 1.29 is 12.8 Å². The van der Waals surface area contributed by atoms with Gasteiger partial charge in [0.25, 0.3) is 0 Å². The predicted octanol–water partition coefficient (Wildman–Crippen LogP) is 2.55. The second-order valence-electron chi connectivity index (χ2n) is 5.02. The van der Waals surface area contributed by atoms with Gasteiger partial charge in [-0.15, -0.1) is 0 Å². The fourth-order valence-corrected chi connectivity index (χ4v) is 4.21. The fourth-order valence-electron chi connectivity index (χ4n) is 2.41. The highest BCUT2D eigenvalue weighted by atomic mass is 32.2. The van der Waals surface area contributed by atoms with Crippen LogP contribution in [-0.2, 0) is 10.0 Å². The second-order valence-corrected chi connectivity index (χ2v) is 6.93. The molecule has 0 amide bonds. The zero-order valence-electron chi connectivity index (χ0n) is 10.7. The van der Waals surface area contributed by atoms with Gasteiger partial charge in [-0.3, -0.25) is 0 Å². The summed E-state index contributed by atoms with van der Waals surface area (Å²) in [6, 6.07) is 3.83. The normalized spacial score (nSPS) is 22.1. The zero-order valence-corrected chi connectivity index (χ0v) is 11.5. The molecule has 1 saturated heterocycles. The summed E-state index contributed by atoms with van der Waals surface area (Å²) < 4.78 is 39.5. The third kappa shape index (κ3) is 2.57. The minimum atomic E-state index is -3.48. The van der Waals surface area contributed by atoms with E-state index in [4.69, 9.17) is 0 Å². The lowest BCUT2D eigenvalue weighted by atomic mass is 10.0. The SMILES string of the molecule is Cc1cc(F)ccc1S(=O)(=O)N1CCCC(C)C1. The Labute approximate surface area is 108 Å². The van der Waals surface area contributed by atoms with Crippen molar-refractivity contribution in [2.75, 3.05) is 13.1 Å². The summed E-state index contributed by atoms with van der Waals surface area (Å²) in [6.07, 6.45) is 1.95. The van der Waals surface area contributed by atoms with Crippen LogP contribution in [0.2, 0.25) is 0 Å². The van der Waals surface area contributed by atoms with Crippen LogP contribution in [0.1, 0.15) is 25.3 Å². The maximum atomic E-state index is 13.0. The van der Waals surface area contributed by atoms with Crippen LogP contribution in [0, 0.1) is 18.7 Å². The first kappa shape index (κ1) is 13.5. The number of nitrogens with zero attached hydrogens (tertiary/aromatic N) is 1. The number of hydrogen-bond donors (Lipinski definition) is 0. The minimum absolute atomic E-state index is 0.220. The zero-order chi connectivity index (χ0) is 13.3. The second kappa shape index (κ2) is 4.97. The molecule has 3 nitrogen and oxygen atoms in total. The monoisotopic (exact) mass is 271 g/mol. The van der Waals surface area contributed by atoms with Gasteiger partial charge in [0.1, 0.15) is 5.82 Å². The number of benzene rings is 1. The Hall–Kier alpha value is -0.940. The first-order valence-corrected chi connectivity index (χ1v) is 7.61. The summed E-state index contributed by atoms with van der Waals surface area (Å²) in [5.41, 5.74) is 0.466. The molecule has 0 N–H and O–H groups in total. The van der Waals surface area contributed by atoms with Crippen molar-refractivity contribution in [3.63, 3.8) is 0 Å². The average Bonchev–Trinajstić information content (AvgIpc) is 2.28. The van der Waals surface area contributed by atoms with E-state index in [-0.39, 0.29) is 4.90 Å². The van der Waals surface area contributed by atoms with Crippen LogP contribution in [0.4, 0.5) is 4.39 Å². The summed E-state index contributed by atoms with van der Waals surface area (Å²) in [5.74, 6) is -0.0206. The van der Waals surface area contributed by atoms with Gasteiger partial charge in [0.15, 0.2) is 0 Å². The van der Waals surface area contributed by atoms with Crippen molar-refractivity contribution in [1.29, 1.82) is 0 Å². The van der Waals surface area contributed by atoms with Gasteiger partial charge in [-0.05, 0) is 49.4 Å². The van der Waals surface area contributed by atoms with E-state index in [1.54, 1.807) is 6.92 Å². The highest BCUT2D eigenvalue weighted by Gasteiger charge is 2.29. The van der Waals surface area contributed by atoms with Crippen LogP contribution in [0.5, 0.6) is 0 Å². The van der Waals surface area contributed by atoms with E-state index in [0.29, 0.717) is 24.6 Å². The molecule has 1 aromatic carbocycles. The lowest BCUT2D eigenvalue weighted by Gasteiger charge is -2.30. The fraction of sp³-hybridized carbons (Fsp3) is 0.538. The third-order valence-corrected chi connectivity index (χ3v) is 5.40. The Bertz CT molecular complexity index is 542. The van der Waals surface area contributed by atoms with E-state index in [0.717, 1.165) is 12.8 Å². The molecule has 0 spiro atoms. The van der Waals surface area contributed by atoms with Crippen molar-refractivity contribution in [3.8, 4) is 0 Å². The topological polar surface area (TPSA) is 37.4 Å². The summed E-state index contributed by atoms with van der Waals surface area (Å²) >= 11 is 0. The molecule has 0 aliphatic carbocycles. The number of rotatable bonds is 2. The molecular formula is C13H18FNO2S. The largest absolute Gasteiger partial charge is 0.243 e. The molecule has 18 heavy (non-hydrogen) atoms. The van der Waals surface area contributed by atoms with Gasteiger partial charge in [0.05, 0.1) is 4.90 Å². The summed E-state index contributed by atoms with van der Waals surface area (Å²) in [7, 11) is -3.48. The standard InChI is InChI=1S/C13H18FNO2S/c1-10-4-3-7-15(9-10)18(16,17)13-6-5-12(14)8-11(13)2/h5-6,8,10H,3-4,7,9H2,1-2H3. The van der Waals surface area contributed by atoms with E-state index in [9.17, 15) is 12.8 Å². The molecule has 5 heteroatoms. The quantitative estimate of drug-likeness (QED) is 0.829. The van der Waals surface area contributed by atoms with E-state index >= 15 is 0 Å². The Kier molecular flexibility index (Phi) is 3.73. The van der Waals surface area contributed by atoms with Crippen LogP contribution >= 0.6 is 0 Å². The first-order valence-electron chi connectivity index (χ1n) is 6.17. The van der Waals surface area contributed by atoms with Crippen molar-refractivity contribution in [3.05, 3.63) is 29.6 Å². The number of aryl methyl sites for hydroxylation is 1. The average molecular weight is 271 g/mol. The highest BCUT2D eigenvalue weighted by Crippen LogP contribution is 2.25. The highest BCUT2D eigenvalue weighted by molar-refractivity contribution is 7.89. The number of piperidine rings is 1. The van der Waals surface area contributed by atoms with E-state index in [2.05, 4.69) is 6.92 Å². The molecule has 0 saturated carbocycles. The van der Waals surface area contributed by atoms with Crippen LogP contribution < -0.4 is 0 Å². The molecule has 1 unspecified atom stereocenters. The first-order chi connectivity index (χ1) is 8.41. The lowest BCUT2D eigenvalue weighted by Crippen LogP contribution is -2.39. The predicted molar refractivity (Wildman–Crippen MR) is 68.3 cm³/mol. The van der Waals surface area contributed by atoms with Gasteiger partial charge in [-0.1, -0.05) is 6.92 Å². The summed E-state index contributed by atoms with van der Waals surface area (Å²) in [4.78, 5) is 0.220. The molecule has 1 heterocycles. The van der Waals surface area contributed by atoms with Crippen molar-refractivity contribution in [2.24, 2.45) is 5.92 Å². The van der Waals surface area contributed by atoms with Gasteiger partial charge in [0.2, 0.25) is 10.0 Å². The van der Waals surface area contributed by atoms with E-state index in [1.165, 1.54) is 22.5 Å². The van der Waals surface area contributed by atoms with Crippen molar-refractivity contribution >= 4 is 10.0 Å². The van der Waals surface area contributed by atoms with Gasteiger partial charge < -0.3 is 0 Å². The molecule has 100 valence electrons. The molecule has 1 aliphatic rings. The van der Waals surface area contributed by atoms with E-state index in [1.807, 2.05) is 0 Å². The van der Waals surface area contributed by atoms with Crippen molar-refractivity contribution in [1.82, 2.24) is 4.31 Å². The van der Waals surface area contributed by atoms with Gasteiger partial charge in [-0.25, -0.2) is 12.8 Å². The molecule has 1 fully saturated rings. The summed E-state index contributed by atoms with van der Waals surface area (Å²) in [6.45, 7) is 4.80. The number of hydrogen-bond acceptors (Lipinski definition) is 2. The van der Waals surface area contributed by atoms with Crippen LogP contribution in [-0.4, -0.2) is 25.8 Å². The van der Waals surface area contributed by atoms with Gasteiger partial charge in [-0.2, -0.15) is 4.31 Å². The molecule has 2 rings (SSSR count). The third-order valence-electron chi connectivity index (χ3n) is 3.37. The van der Waals surface area contributed by atoms with Crippen LogP contribution in [0.25, 0.3) is 0 Å². The molecule has 1 aliphatic heterocycles. The van der Waals surface area contributed by atoms with Crippen LogP contribution in [0.3, 0.4) is 0 Å². The van der Waals surface area contributed by atoms with Crippen LogP contribution in [0.15, 0.2) is 23.1 Å². The molecule has 0 radical (unpaired) electrons. The summed E-state index contributed by atoms with van der Waals surface area (Å²) in [5, 5.41) is 0. The Balaban J connectivity index is 2.35. The Morgan fingerprint density at radius 1 is 1.39 bits per heavy atom. The van der Waals surface area contributed by atoms with E-state index < -0.39 is 15.8 Å². The Morgan fingerprint density at radius 2 is 2.11 bits per heavy atom. The Morgan fingerprint density at radius 3 is 2.72 bits per heavy atom. The number of halogens is 1. The smallest absolute Gasteiger partial charge is 0.207 e. The molecule has 1 atom stereocenters.